The highest BCUT2D eigenvalue weighted by molar-refractivity contribution is 6.02. The van der Waals surface area contributed by atoms with Gasteiger partial charge < -0.3 is 15.8 Å². The summed E-state index contributed by atoms with van der Waals surface area (Å²) in [5.41, 5.74) is 4.70. The highest BCUT2D eigenvalue weighted by atomic mass is 16.6. The molecule has 1 heterocycles. The van der Waals surface area contributed by atoms with Crippen LogP contribution in [0.5, 0.6) is 0 Å². The lowest BCUT2D eigenvalue weighted by molar-refractivity contribution is -0.155. The first-order valence-electron chi connectivity index (χ1n) is 6.45. The molecular formula is C14H19N3O4. The largest absolute Gasteiger partial charge is 0.460 e. The number of nitrogens with one attached hydrogen (secondary N) is 1. The Morgan fingerprint density at radius 2 is 1.95 bits per heavy atom. The zero-order valence-corrected chi connectivity index (χ0v) is 12.3. The van der Waals surface area contributed by atoms with Crippen molar-refractivity contribution in [2.45, 2.75) is 39.2 Å². The number of rotatable bonds is 5. The number of amides is 2. The minimum Gasteiger partial charge on any atom is -0.460 e. The molecule has 0 aliphatic rings. The predicted octanol–water partition coefficient (Wildman–Crippen LogP) is 1.24. The maximum absolute atomic E-state index is 11.7. The standard InChI is InChI=1S/C14H19N3O4/c1-14(2,3)21-11(19)7-6-10(18)17-13-9(12(15)20)5-4-8-16-13/h4-5,8H,6-7H2,1-3H3,(H2,15,20)(H,16,17,18). The third-order valence-corrected chi connectivity index (χ3v) is 2.31. The van der Waals surface area contributed by atoms with E-state index >= 15 is 0 Å². The molecule has 0 saturated carbocycles. The second kappa shape index (κ2) is 6.83. The van der Waals surface area contributed by atoms with Gasteiger partial charge in [0.1, 0.15) is 11.4 Å². The topological polar surface area (TPSA) is 111 Å². The van der Waals surface area contributed by atoms with Crippen molar-refractivity contribution in [3.05, 3.63) is 23.9 Å². The molecule has 1 aromatic rings. The van der Waals surface area contributed by atoms with E-state index in [9.17, 15) is 14.4 Å². The molecule has 1 aromatic heterocycles. The SMILES string of the molecule is CC(C)(C)OC(=O)CCC(=O)Nc1ncccc1C(N)=O. The van der Waals surface area contributed by atoms with Gasteiger partial charge in [-0.15, -0.1) is 0 Å². The van der Waals surface area contributed by atoms with Gasteiger partial charge in [-0.25, -0.2) is 4.98 Å². The summed E-state index contributed by atoms with van der Waals surface area (Å²) in [5.74, 6) is -1.51. The lowest BCUT2D eigenvalue weighted by Gasteiger charge is -2.19. The van der Waals surface area contributed by atoms with Crippen molar-refractivity contribution in [1.29, 1.82) is 0 Å². The van der Waals surface area contributed by atoms with E-state index in [-0.39, 0.29) is 24.2 Å². The summed E-state index contributed by atoms with van der Waals surface area (Å²) in [6.07, 6.45) is 1.31. The molecule has 0 radical (unpaired) electrons. The molecule has 114 valence electrons. The van der Waals surface area contributed by atoms with Gasteiger partial charge in [-0.1, -0.05) is 0 Å². The van der Waals surface area contributed by atoms with Crippen LogP contribution in [-0.4, -0.2) is 28.4 Å². The molecule has 0 saturated heterocycles. The van der Waals surface area contributed by atoms with Gasteiger partial charge in [-0.2, -0.15) is 0 Å². The summed E-state index contributed by atoms with van der Waals surface area (Å²) in [7, 11) is 0. The second-order valence-corrected chi connectivity index (χ2v) is 5.40. The fourth-order valence-electron chi connectivity index (χ4n) is 1.51. The van der Waals surface area contributed by atoms with Crippen LogP contribution in [0, 0.1) is 0 Å². The molecule has 0 aliphatic heterocycles. The van der Waals surface area contributed by atoms with Crippen LogP contribution in [0.25, 0.3) is 0 Å². The van der Waals surface area contributed by atoms with E-state index in [1.54, 1.807) is 20.8 Å². The highest BCUT2D eigenvalue weighted by Gasteiger charge is 2.18. The predicted molar refractivity (Wildman–Crippen MR) is 76.5 cm³/mol. The average Bonchev–Trinajstić information content (AvgIpc) is 2.35. The van der Waals surface area contributed by atoms with Gasteiger partial charge >= 0.3 is 5.97 Å². The summed E-state index contributed by atoms with van der Waals surface area (Å²) < 4.78 is 5.09. The van der Waals surface area contributed by atoms with E-state index in [4.69, 9.17) is 10.5 Å². The minimum absolute atomic E-state index is 0.0537. The van der Waals surface area contributed by atoms with E-state index in [1.165, 1.54) is 18.3 Å². The van der Waals surface area contributed by atoms with E-state index in [1.807, 2.05) is 0 Å². The fourth-order valence-corrected chi connectivity index (χ4v) is 1.51. The Kier molecular flexibility index (Phi) is 5.40. The number of nitrogens with zero attached hydrogens (tertiary/aromatic N) is 1. The van der Waals surface area contributed by atoms with Crippen LogP contribution in [0.15, 0.2) is 18.3 Å². The van der Waals surface area contributed by atoms with Gasteiger partial charge in [-0.3, -0.25) is 14.4 Å². The summed E-state index contributed by atoms with van der Waals surface area (Å²) in [6.45, 7) is 5.24. The average molecular weight is 293 g/mol. The quantitative estimate of drug-likeness (QED) is 0.793. The number of pyridine rings is 1. The van der Waals surface area contributed by atoms with Crippen LogP contribution in [0.1, 0.15) is 44.0 Å². The Hall–Kier alpha value is -2.44. The molecule has 0 atom stereocenters. The summed E-state index contributed by atoms with van der Waals surface area (Å²) >= 11 is 0. The van der Waals surface area contributed by atoms with Crippen LogP contribution in [0.4, 0.5) is 5.82 Å². The van der Waals surface area contributed by atoms with E-state index in [0.29, 0.717) is 0 Å². The number of aromatic nitrogens is 1. The summed E-state index contributed by atoms with van der Waals surface area (Å²) in [5, 5.41) is 2.45. The number of hydrogen-bond acceptors (Lipinski definition) is 5. The number of nitrogens with two attached hydrogens (primary N) is 1. The molecule has 3 N–H and O–H groups in total. The van der Waals surface area contributed by atoms with Crippen LogP contribution in [-0.2, 0) is 14.3 Å². The van der Waals surface area contributed by atoms with Crippen molar-refractivity contribution in [3.63, 3.8) is 0 Å². The van der Waals surface area contributed by atoms with E-state index in [2.05, 4.69) is 10.3 Å². The summed E-state index contributed by atoms with van der Waals surface area (Å²) in [6, 6.07) is 3.00. The van der Waals surface area contributed by atoms with Gasteiger partial charge in [0, 0.05) is 12.6 Å². The van der Waals surface area contributed by atoms with Crippen molar-refractivity contribution < 1.29 is 19.1 Å². The Bertz CT molecular complexity index is 549. The zero-order valence-electron chi connectivity index (χ0n) is 12.3. The molecule has 7 nitrogen and oxygen atoms in total. The van der Waals surface area contributed by atoms with Crippen molar-refractivity contribution in [1.82, 2.24) is 4.98 Å². The Morgan fingerprint density at radius 1 is 1.29 bits per heavy atom. The molecule has 0 unspecified atom stereocenters. The van der Waals surface area contributed by atoms with E-state index < -0.39 is 23.4 Å². The maximum atomic E-state index is 11.7. The fraction of sp³-hybridized carbons (Fsp3) is 0.429. The number of ether oxygens (including phenoxy) is 1. The van der Waals surface area contributed by atoms with Crippen LogP contribution in [0.3, 0.4) is 0 Å². The molecule has 0 fully saturated rings. The molecule has 21 heavy (non-hydrogen) atoms. The van der Waals surface area contributed by atoms with Crippen molar-refractivity contribution in [2.24, 2.45) is 5.73 Å². The summed E-state index contributed by atoms with van der Waals surface area (Å²) in [4.78, 5) is 38.3. The Morgan fingerprint density at radius 3 is 2.52 bits per heavy atom. The molecule has 0 aromatic carbocycles. The van der Waals surface area contributed by atoms with E-state index in [0.717, 1.165) is 0 Å². The Labute approximate surface area is 122 Å². The van der Waals surface area contributed by atoms with Crippen molar-refractivity contribution in [2.75, 3.05) is 5.32 Å². The zero-order chi connectivity index (χ0) is 16.0. The molecule has 2 amide bonds. The second-order valence-electron chi connectivity index (χ2n) is 5.40. The third kappa shape index (κ3) is 6.03. The number of esters is 1. The molecule has 7 heteroatoms. The monoisotopic (exact) mass is 293 g/mol. The highest BCUT2D eigenvalue weighted by Crippen LogP contribution is 2.12. The van der Waals surface area contributed by atoms with Gasteiger partial charge in [0.2, 0.25) is 5.91 Å². The van der Waals surface area contributed by atoms with Gasteiger partial charge in [0.05, 0.1) is 12.0 Å². The number of carbonyl (C=O) groups excluding carboxylic acids is 3. The molecule has 0 aliphatic carbocycles. The molecular weight excluding hydrogens is 274 g/mol. The van der Waals surface area contributed by atoms with Crippen LogP contribution < -0.4 is 11.1 Å². The minimum atomic E-state index is -0.689. The van der Waals surface area contributed by atoms with Crippen LogP contribution >= 0.6 is 0 Å². The third-order valence-electron chi connectivity index (χ3n) is 2.31. The first-order valence-corrected chi connectivity index (χ1v) is 6.45. The first-order chi connectivity index (χ1) is 9.69. The van der Waals surface area contributed by atoms with Gasteiger partial charge in [-0.05, 0) is 32.9 Å². The number of anilines is 1. The smallest absolute Gasteiger partial charge is 0.306 e. The normalized spacial score (nSPS) is 10.8. The number of hydrogen-bond donors (Lipinski definition) is 2. The number of carbonyl (C=O) groups is 3. The Balaban J connectivity index is 2.55. The maximum Gasteiger partial charge on any atom is 0.306 e. The molecule has 1 rings (SSSR count). The number of primary amides is 1. The van der Waals surface area contributed by atoms with Crippen molar-refractivity contribution >= 4 is 23.6 Å². The van der Waals surface area contributed by atoms with Gasteiger partial charge in [0.25, 0.3) is 5.91 Å². The van der Waals surface area contributed by atoms with Gasteiger partial charge in [0.15, 0.2) is 0 Å². The molecule has 0 spiro atoms. The molecule has 0 bridgehead atoms. The van der Waals surface area contributed by atoms with Crippen LogP contribution in [0.2, 0.25) is 0 Å². The lowest BCUT2D eigenvalue weighted by atomic mass is 10.2. The first kappa shape index (κ1) is 16.6. The lowest BCUT2D eigenvalue weighted by Crippen LogP contribution is -2.25. The van der Waals surface area contributed by atoms with Crippen molar-refractivity contribution in [3.8, 4) is 0 Å².